The quantitative estimate of drug-likeness (QED) is 0.0457. The average Bonchev–Trinajstić information content (AvgIpc) is 4.17. The van der Waals surface area contributed by atoms with Crippen LogP contribution >= 0.6 is 11.6 Å². The van der Waals surface area contributed by atoms with Gasteiger partial charge in [-0.05, 0) is 102 Å². The molecule has 0 saturated carbocycles. The Morgan fingerprint density at radius 2 is 1.11 bits per heavy atom. The molecule has 5 aromatic carbocycles. The molecular weight excluding hydrogens is 1220 g/mol. The first kappa shape index (κ1) is 69.4. The van der Waals surface area contributed by atoms with Gasteiger partial charge < -0.3 is 11.7 Å². The van der Waals surface area contributed by atoms with E-state index in [1.165, 1.54) is 22.9 Å². The molecule has 1 amide bonds. The minimum atomic E-state index is -4.35. The first-order valence-corrected chi connectivity index (χ1v) is 27.1. The number of hydrogen-bond acceptors (Lipinski definition) is 9. The zero-order valence-corrected chi connectivity index (χ0v) is 51.5. The first-order valence-electron chi connectivity index (χ1n) is 26.7. The number of nitrogens with zero attached hydrogens (tertiary/aromatic N) is 9. The molecule has 1 aliphatic heterocycles. The van der Waals surface area contributed by atoms with E-state index in [0.717, 1.165) is 109 Å². The van der Waals surface area contributed by atoms with Crippen molar-refractivity contribution in [1.82, 2.24) is 29.5 Å². The first-order chi connectivity index (χ1) is 37.8. The Labute approximate surface area is 490 Å². The van der Waals surface area contributed by atoms with Gasteiger partial charge in [0.15, 0.2) is 17.6 Å². The van der Waals surface area contributed by atoms with Gasteiger partial charge in [0.25, 0.3) is 11.1 Å². The van der Waals surface area contributed by atoms with Crippen LogP contribution in [0, 0.1) is 40.7 Å². The van der Waals surface area contributed by atoms with Crippen molar-refractivity contribution in [2.24, 2.45) is 29.1 Å². The van der Waals surface area contributed by atoms with Crippen molar-refractivity contribution in [3.05, 3.63) is 184 Å². The fourth-order valence-electron chi connectivity index (χ4n) is 7.16. The fourth-order valence-corrected chi connectivity index (χ4v) is 7.29. The van der Waals surface area contributed by atoms with Crippen LogP contribution in [0.15, 0.2) is 130 Å². The van der Waals surface area contributed by atoms with E-state index < -0.39 is 17.0 Å². The molecule has 2 aromatic heterocycles. The van der Waals surface area contributed by atoms with E-state index in [2.05, 4.69) is 124 Å². The van der Waals surface area contributed by atoms with Gasteiger partial charge in [0.2, 0.25) is 0 Å². The number of benzene rings is 5. The van der Waals surface area contributed by atoms with E-state index in [-0.39, 0.29) is 26.0 Å². The molecule has 431 valence electrons. The van der Waals surface area contributed by atoms with Crippen LogP contribution in [0.2, 0.25) is 0 Å². The summed E-state index contributed by atoms with van der Waals surface area (Å²) in [5.41, 5.74) is 9.11. The number of carbonyl (C=O) groups is 2. The smallest absolute Gasteiger partial charge is 0.381 e. The van der Waals surface area contributed by atoms with Gasteiger partial charge in [0.1, 0.15) is 11.6 Å². The summed E-state index contributed by atoms with van der Waals surface area (Å²) in [6, 6.07) is 37.1. The fraction of sp³-hybridized carbons (Fsp3) is 0.365. The van der Waals surface area contributed by atoms with Crippen LogP contribution in [0.3, 0.4) is 0 Å². The molecule has 0 fully saturated rings. The van der Waals surface area contributed by atoms with Crippen LogP contribution in [-0.4, -0.2) is 71.3 Å². The van der Waals surface area contributed by atoms with Gasteiger partial charge in [0.05, 0.1) is 19.0 Å². The Morgan fingerprint density at radius 1 is 0.650 bits per heavy atom. The maximum atomic E-state index is 12.4. The third-order valence-electron chi connectivity index (χ3n) is 11.4. The second-order valence-electron chi connectivity index (χ2n) is 18.2. The van der Waals surface area contributed by atoms with Gasteiger partial charge in [-0.15, -0.1) is 29.8 Å². The number of rotatable bonds is 14. The van der Waals surface area contributed by atoms with E-state index in [1.54, 1.807) is 42.9 Å². The summed E-state index contributed by atoms with van der Waals surface area (Å²) in [7, 11) is 3.72. The topological polar surface area (TPSA) is 142 Å². The number of halogens is 4. The molecule has 0 N–H and O–H groups in total. The maximum Gasteiger partial charge on any atom is 0.381 e. The molecule has 1 radical (unpaired) electrons. The van der Waals surface area contributed by atoms with E-state index >= 15 is 0 Å². The molecule has 12 nitrogen and oxygen atoms in total. The largest absolute Gasteiger partial charge is 0.481 e. The third kappa shape index (κ3) is 23.9. The molecule has 3 heterocycles. The summed E-state index contributed by atoms with van der Waals surface area (Å²) in [6.45, 7) is 24.7. The summed E-state index contributed by atoms with van der Waals surface area (Å²) in [5.74, 6) is 4.29. The Kier molecular flexibility index (Phi) is 31.7. The van der Waals surface area contributed by atoms with Gasteiger partial charge in [-0.3, -0.25) is 28.9 Å². The van der Waals surface area contributed by atoms with E-state index in [1.807, 2.05) is 70.6 Å². The number of amides is 1. The number of aliphatic imine (C=N–C) groups is 3. The molecule has 80 heavy (non-hydrogen) atoms. The monoisotopic (exact) mass is 1290 g/mol. The molecule has 1 aliphatic rings. The number of carbonyl (C=O) groups excluding carboxylic acids is 2. The summed E-state index contributed by atoms with van der Waals surface area (Å²) < 4.78 is 46.2. The number of hydrogen-bond donors (Lipinski definition) is 0. The second kappa shape index (κ2) is 36.5. The van der Waals surface area contributed by atoms with Crippen molar-refractivity contribution < 1.29 is 47.6 Å². The number of aromatic nitrogens is 6. The number of alkyl halides is 3. The summed E-state index contributed by atoms with van der Waals surface area (Å²) >= 11 is 5.22. The van der Waals surface area contributed by atoms with Crippen molar-refractivity contribution in [2.45, 2.75) is 127 Å². The van der Waals surface area contributed by atoms with Crippen molar-refractivity contribution in [2.75, 3.05) is 13.2 Å². The molecule has 8 rings (SSSR count). The van der Waals surface area contributed by atoms with Gasteiger partial charge in [-0.2, -0.15) is 30.2 Å². The predicted molar refractivity (Wildman–Crippen MR) is 316 cm³/mol. The molecular formula is C63H77ClF3IrN9O3-2. The predicted octanol–water partition coefficient (Wildman–Crippen LogP) is 15.6. The molecule has 0 bridgehead atoms. The molecule has 0 spiro atoms. The minimum Gasteiger partial charge on any atom is -0.481 e. The van der Waals surface area contributed by atoms with Crippen LogP contribution in [-0.2, 0) is 58.0 Å². The number of ether oxygens (including phenoxy) is 1. The average molecular weight is 1290 g/mol. The Hall–Kier alpha value is -6.74. The van der Waals surface area contributed by atoms with E-state index in [9.17, 15) is 22.8 Å². The van der Waals surface area contributed by atoms with Gasteiger partial charge in [0, 0.05) is 81.4 Å². The normalized spacial score (nSPS) is 11.4. The summed E-state index contributed by atoms with van der Waals surface area (Å²) in [4.78, 5) is 44.2. The van der Waals surface area contributed by atoms with Crippen molar-refractivity contribution in [1.29, 1.82) is 0 Å². The van der Waals surface area contributed by atoms with Crippen molar-refractivity contribution >= 4 is 40.2 Å². The van der Waals surface area contributed by atoms with Gasteiger partial charge in [-0.25, -0.2) is 15.1 Å². The Morgan fingerprint density at radius 3 is 1.55 bits per heavy atom. The molecule has 7 aromatic rings. The van der Waals surface area contributed by atoms with Crippen LogP contribution < -0.4 is 0 Å². The maximum absolute atomic E-state index is 12.4. The summed E-state index contributed by atoms with van der Waals surface area (Å²) in [5, 5.41) is 8.22. The SMILES string of the molecule is CCCC(=NC(=O)c1ccc(C)cc1)OCC.CCCC1=NC(c2ccc(C)cc2)=NC1.CCCc1nc(-c2[c-]cc(C(F)(F)F)cc2)nn1C.CCCc1nc(-c2ccc(C)cc2)nn1C.Cc1ccc(C(=O)Cl)cc1.[CH2-]C.[Ir]. The summed E-state index contributed by atoms with van der Waals surface area (Å²) in [6.07, 6.45) is 3.28. The van der Waals surface area contributed by atoms with E-state index in [4.69, 9.17) is 16.3 Å². The second-order valence-corrected chi connectivity index (χ2v) is 18.6. The third-order valence-corrected chi connectivity index (χ3v) is 11.7. The zero-order chi connectivity index (χ0) is 58.5. The number of aryl methyl sites for hydroxylation is 8. The van der Waals surface area contributed by atoms with Crippen LogP contribution in [0.25, 0.3) is 22.8 Å². The van der Waals surface area contributed by atoms with Crippen molar-refractivity contribution in [3.63, 3.8) is 0 Å². The van der Waals surface area contributed by atoms with Gasteiger partial charge >= 0.3 is 6.18 Å². The molecule has 0 unspecified atom stereocenters. The molecule has 0 aliphatic carbocycles. The standard InChI is InChI=1S/C14H19NO2.C13H13F3N3.C13H17N3.C13H16N2.C8H7ClO.C2H5.Ir/c1-4-6-13(17-5-2)15-14(16)12-9-7-11(3)8-10-12;1-3-4-11-17-12(18-19(11)2)9-5-7-10(8-6-9)13(14,15)16;1-4-5-12-14-13(15-16(12)3)11-8-6-10(2)7-9-11;1-3-4-12-9-14-13(15-12)11-7-5-10(2)6-8-11;1-6-2-4-7(5-3-6)8(9)10;1-2;/h7-10H,4-6H2,1-3H3;5,7-8H,3-4H2,1-2H3;6-9H,4-5H2,1-3H3;5-8H,3-4,9H2,1-2H3;2-5H,1H3;1H2,2H3;/q;-1;;;;-1;. The minimum absolute atomic E-state index is 0. The van der Waals surface area contributed by atoms with Crippen molar-refractivity contribution in [3.8, 4) is 22.8 Å². The molecule has 0 atom stereocenters. The van der Waals surface area contributed by atoms with Crippen LogP contribution in [0.1, 0.15) is 146 Å². The van der Waals surface area contributed by atoms with E-state index in [0.29, 0.717) is 41.4 Å². The Bertz CT molecular complexity index is 3020. The van der Waals surface area contributed by atoms with Crippen LogP contribution in [0.5, 0.6) is 0 Å². The molecule has 17 heteroatoms. The van der Waals surface area contributed by atoms with Gasteiger partial charge in [-0.1, -0.05) is 129 Å². The Balaban J connectivity index is 0.000000342. The van der Waals surface area contributed by atoms with Crippen LogP contribution in [0.4, 0.5) is 13.2 Å². The molecule has 0 saturated heterocycles. The zero-order valence-electron chi connectivity index (χ0n) is 48.3. The number of amidine groups is 1.